The Balaban J connectivity index is 1.55. The average Bonchev–Trinajstić information content (AvgIpc) is 2.69. The molecule has 0 amide bonds. The molecule has 1 aliphatic heterocycles. The molecule has 0 spiro atoms. The van der Waals surface area contributed by atoms with Gasteiger partial charge in [-0.05, 0) is 30.3 Å². The molecule has 140 valence electrons. The number of hydrogen-bond donors (Lipinski definition) is 0. The van der Waals surface area contributed by atoms with Gasteiger partial charge in [0, 0.05) is 31.6 Å². The molecule has 9 heteroatoms. The number of halogens is 2. The molecule has 0 aliphatic carbocycles. The van der Waals surface area contributed by atoms with Gasteiger partial charge in [-0.3, -0.25) is 0 Å². The van der Waals surface area contributed by atoms with Crippen molar-refractivity contribution in [1.29, 1.82) is 0 Å². The molecule has 3 aromatic rings. The SMILES string of the molecule is O=S(=O)(c1ccc(F)c(F)c1)N1CCN(c2ncnc3ccccc23)CC1. The van der Waals surface area contributed by atoms with Crippen molar-refractivity contribution in [3.05, 3.63) is 60.4 Å². The summed E-state index contributed by atoms with van der Waals surface area (Å²) in [5.74, 6) is -1.50. The first-order valence-electron chi connectivity index (χ1n) is 8.37. The fourth-order valence-corrected chi connectivity index (χ4v) is 4.60. The molecule has 1 aliphatic rings. The van der Waals surface area contributed by atoms with Crippen molar-refractivity contribution in [2.75, 3.05) is 31.1 Å². The zero-order valence-corrected chi connectivity index (χ0v) is 15.0. The van der Waals surface area contributed by atoms with Gasteiger partial charge in [0.2, 0.25) is 10.0 Å². The van der Waals surface area contributed by atoms with Crippen LogP contribution in [0.1, 0.15) is 0 Å². The van der Waals surface area contributed by atoms with Crippen LogP contribution in [0.4, 0.5) is 14.6 Å². The molecular formula is C18H16F2N4O2S. The number of nitrogens with zero attached hydrogens (tertiary/aromatic N) is 4. The number of anilines is 1. The smallest absolute Gasteiger partial charge is 0.243 e. The predicted octanol–water partition coefficient (Wildman–Crippen LogP) is 2.42. The van der Waals surface area contributed by atoms with Crippen LogP contribution in [-0.2, 0) is 10.0 Å². The maximum Gasteiger partial charge on any atom is 0.243 e. The summed E-state index contributed by atoms with van der Waals surface area (Å²) in [6.45, 7) is 1.31. The molecule has 27 heavy (non-hydrogen) atoms. The maximum absolute atomic E-state index is 13.4. The molecule has 2 heterocycles. The second-order valence-electron chi connectivity index (χ2n) is 6.18. The van der Waals surface area contributed by atoms with Crippen molar-refractivity contribution in [3.8, 4) is 0 Å². The molecule has 0 unspecified atom stereocenters. The second kappa shape index (κ2) is 6.82. The highest BCUT2D eigenvalue weighted by molar-refractivity contribution is 7.89. The summed E-state index contributed by atoms with van der Waals surface area (Å²) >= 11 is 0. The van der Waals surface area contributed by atoms with Gasteiger partial charge < -0.3 is 4.90 Å². The highest BCUT2D eigenvalue weighted by atomic mass is 32.2. The number of piperazine rings is 1. The van der Waals surface area contributed by atoms with E-state index in [1.165, 1.54) is 10.6 Å². The van der Waals surface area contributed by atoms with Crippen molar-refractivity contribution in [2.45, 2.75) is 4.90 Å². The van der Waals surface area contributed by atoms with E-state index in [2.05, 4.69) is 9.97 Å². The number of fused-ring (bicyclic) bond motifs is 1. The third-order valence-corrected chi connectivity index (χ3v) is 6.48. The first-order valence-corrected chi connectivity index (χ1v) is 9.81. The maximum atomic E-state index is 13.4. The van der Waals surface area contributed by atoms with Gasteiger partial charge >= 0.3 is 0 Å². The fraction of sp³-hybridized carbons (Fsp3) is 0.222. The number of sulfonamides is 1. The Labute approximate surface area is 155 Å². The van der Waals surface area contributed by atoms with Gasteiger partial charge in [-0.15, -0.1) is 0 Å². The first-order chi connectivity index (χ1) is 13.0. The number of aromatic nitrogens is 2. The molecule has 6 nitrogen and oxygen atoms in total. The average molecular weight is 390 g/mol. The van der Waals surface area contributed by atoms with Crippen LogP contribution in [0, 0.1) is 11.6 Å². The van der Waals surface area contributed by atoms with Crippen molar-refractivity contribution in [1.82, 2.24) is 14.3 Å². The number of para-hydroxylation sites is 1. The lowest BCUT2D eigenvalue weighted by Gasteiger charge is -2.35. The zero-order valence-electron chi connectivity index (χ0n) is 14.2. The van der Waals surface area contributed by atoms with E-state index in [4.69, 9.17) is 0 Å². The Morgan fingerprint density at radius 3 is 2.37 bits per heavy atom. The normalized spacial score (nSPS) is 16.0. The summed E-state index contributed by atoms with van der Waals surface area (Å²) < 4.78 is 53.2. The molecule has 0 N–H and O–H groups in total. The fourth-order valence-electron chi connectivity index (χ4n) is 3.17. The van der Waals surface area contributed by atoms with Crippen LogP contribution in [0.15, 0.2) is 53.7 Å². The number of benzene rings is 2. The van der Waals surface area contributed by atoms with E-state index in [1.54, 1.807) is 0 Å². The Hall–Kier alpha value is -2.65. The minimum atomic E-state index is -3.88. The Morgan fingerprint density at radius 1 is 0.889 bits per heavy atom. The van der Waals surface area contributed by atoms with Crippen LogP contribution >= 0.6 is 0 Å². The van der Waals surface area contributed by atoms with Crippen molar-refractivity contribution < 1.29 is 17.2 Å². The molecule has 2 aromatic carbocycles. The molecule has 4 rings (SSSR count). The lowest BCUT2D eigenvalue weighted by molar-refractivity contribution is 0.383. The Morgan fingerprint density at radius 2 is 1.63 bits per heavy atom. The van der Waals surface area contributed by atoms with Crippen molar-refractivity contribution in [2.24, 2.45) is 0 Å². The molecule has 1 saturated heterocycles. The van der Waals surface area contributed by atoms with E-state index in [1.807, 2.05) is 29.2 Å². The van der Waals surface area contributed by atoms with Crippen molar-refractivity contribution >= 4 is 26.7 Å². The summed E-state index contributed by atoms with van der Waals surface area (Å²) in [4.78, 5) is 10.3. The van der Waals surface area contributed by atoms with E-state index in [0.717, 1.165) is 34.9 Å². The summed E-state index contributed by atoms with van der Waals surface area (Å²) in [6, 6.07) is 10.2. The minimum Gasteiger partial charge on any atom is -0.353 e. The minimum absolute atomic E-state index is 0.222. The standard InChI is InChI=1S/C18H16F2N4O2S/c19-15-6-5-13(11-16(15)20)27(25,26)24-9-7-23(8-10-24)18-14-3-1-2-4-17(14)21-12-22-18/h1-6,11-12H,7-10H2. The van der Waals surface area contributed by atoms with Gasteiger partial charge in [0.25, 0.3) is 0 Å². The zero-order chi connectivity index (χ0) is 19.0. The second-order valence-corrected chi connectivity index (χ2v) is 8.12. The van der Waals surface area contributed by atoms with Gasteiger partial charge in [-0.2, -0.15) is 4.31 Å². The van der Waals surface area contributed by atoms with Gasteiger partial charge in [-0.25, -0.2) is 27.2 Å². The highest BCUT2D eigenvalue weighted by Crippen LogP contribution is 2.25. The van der Waals surface area contributed by atoms with E-state index in [0.29, 0.717) is 13.1 Å². The van der Waals surface area contributed by atoms with Gasteiger partial charge in [0.15, 0.2) is 11.6 Å². The van der Waals surface area contributed by atoms with E-state index in [-0.39, 0.29) is 18.0 Å². The Bertz CT molecular complexity index is 1090. The molecular weight excluding hydrogens is 374 g/mol. The van der Waals surface area contributed by atoms with E-state index >= 15 is 0 Å². The Kier molecular flexibility index (Phi) is 4.48. The summed E-state index contributed by atoms with van der Waals surface area (Å²) in [5, 5.41) is 0.900. The molecule has 0 saturated carbocycles. The quantitative estimate of drug-likeness (QED) is 0.687. The monoisotopic (exact) mass is 390 g/mol. The van der Waals surface area contributed by atoms with Crippen LogP contribution in [0.25, 0.3) is 10.9 Å². The van der Waals surface area contributed by atoms with Crippen LogP contribution in [-0.4, -0.2) is 48.9 Å². The number of rotatable bonds is 3. The van der Waals surface area contributed by atoms with E-state index in [9.17, 15) is 17.2 Å². The van der Waals surface area contributed by atoms with Gasteiger partial charge in [0.05, 0.1) is 10.4 Å². The lowest BCUT2D eigenvalue weighted by atomic mass is 10.2. The van der Waals surface area contributed by atoms with Crippen LogP contribution in [0.2, 0.25) is 0 Å². The van der Waals surface area contributed by atoms with Crippen molar-refractivity contribution in [3.63, 3.8) is 0 Å². The van der Waals surface area contributed by atoms with Gasteiger partial charge in [0.1, 0.15) is 12.1 Å². The summed E-state index contributed by atoms with van der Waals surface area (Å²) in [7, 11) is -3.88. The largest absolute Gasteiger partial charge is 0.353 e. The lowest BCUT2D eigenvalue weighted by Crippen LogP contribution is -2.49. The molecule has 1 aromatic heterocycles. The molecule has 0 bridgehead atoms. The first kappa shape index (κ1) is 17.7. The molecule has 1 fully saturated rings. The van der Waals surface area contributed by atoms with Crippen LogP contribution in [0.5, 0.6) is 0 Å². The van der Waals surface area contributed by atoms with E-state index < -0.39 is 21.7 Å². The highest BCUT2D eigenvalue weighted by Gasteiger charge is 2.30. The predicted molar refractivity (Wildman–Crippen MR) is 96.9 cm³/mol. The third-order valence-electron chi connectivity index (χ3n) is 4.59. The summed E-state index contributed by atoms with van der Waals surface area (Å²) in [6.07, 6.45) is 1.49. The summed E-state index contributed by atoms with van der Waals surface area (Å²) in [5.41, 5.74) is 0.819. The molecule has 0 radical (unpaired) electrons. The van der Waals surface area contributed by atoms with Crippen LogP contribution in [0.3, 0.4) is 0 Å². The topological polar surface area (TPSA) is 66.4 Å². The molecule has 0 atom stereocenters. The van der Waals surface area contributed by atoms with Crippen LogP contribution < -0.4 is 4.90 Å². The number of hydrogen-bond acceptors (Lipinski definition) is 5. The van der Waals surface area contributed by atoms with Gasteiger partial charge in [-0.1, -0.05) is 12.1 Å². The third kappa shape index (κ3) is 3.24.